The fourth-order valence-electron chi connectivity index (χ4n) is 3.90. The molecule has 202 valence electrons. The SMILES string of the molecule is CCCC[C@@H](/C=C/S(=O)(=O)c1ccccc1)NC(=O)[C@H](CC(C)C)N(C(C)=O)C(=O)[C@@H](N)CC(C)C. The average Bonchev–Trinajstić information content (AvgIpc) is 2.79. The van der Waals surface area contributed by atoms with Crippen LogP contribution in [0.3, 0.4) is 0 Å². The lowest BCUT2D eigenvalue weighted by Gasteiger charge is -2.32. The Labute approximate surface area is 216 Å². The zero-order chi connectivity index (χ0) is 27.5. The number of amides is 3. The highest BCUT2D eigenvalue weighted by atomic mass is 32.2. The maximum atomic E-state index is 13.5. The summed E-state index contributed by atoms with van der Waals surface area (Å²) in [6.07, 6.45) is 4.23. The number of sulfone groups is 1. The van der Waals surface area contributed by atoms with Gasteiger partial charge in [-0.15, -0.1) is 0 Å². The topological polar surface area (TPSA) is 127 Å². The Balaban J connectivity index is 3.25. The number of unbranched alkanes of at least 4 members (excludes halogenated alkanes) is 1. The molecule has 1 rings (SSSR count). The third-order valence-electron chi connectivity index (χ3n) is 5.69. The Morgan fingerprint density at radius 1 is 1.03 bits per heavy atom. The number of hydrogen-bond donors (Lipinski definition) is 2. The van der Waals surface area contributed by atoms with E-state index in [4.69, 9.17) is 5.73 Å². The van der Waals surface area contributed by atoms with Crippen molar-refractivity contribution in [2.75, 3.05) is 0 Å². The van der Waals surface area contributed by atoms with Gasteiger partial charge in [0.2, 0.25) is 17.7 Å². The van der Waals surface area contributed by atoms with E-state index in [0.29, 0.717) is 12.8 Å². The molecule has 0 bridgehead atoms. The van der Waals surface area contributed by atoms with Crippen molar-refractivity contribution in [2.24, 2.45) is 17.6 Å². The second-order valence-corrected chi connectivity index (χ2v) is 11.9. The molecule has 0 aromatic heterocycles. The van der Waals surface area contributed by atoms with Crippen molar-refractivity contribution in [1.29, 1.82) is 0 Å². The van der Waals surface area contributed by atoms with Gasteiger partial charge in [0.25, 0.3) is 0 Å². The van der Waals surface area contributed by atoms with Gasteiger partial charge in [0.1, 0.15) is 6.04 Å². The first-order valence-corrected chi connectivity index (χ1v) is 14.2. The van der Waals surface area contributed by atoms with Gasteiger partial charge in [0.05, 0.1) is 10.9 Å². The van der Waals surface area contributed by atoms with Gasteiger partial charge < -0.3 is 11.1 Å². The van der Waals surface area contributed by atoms with Gasteiger partial charge in [-0.05, 0) is 43.2 Å². The summed E-state index contributed by atoms with van der Waals surface area (Å²) in [7, 11) is -3.69. The lowest BCUT2D eigenvalue weighted by atomic mass is 9.98. The quantitative estimate of drug-likeness (QED) is 0.383. The molecule has 0 saturated heterocycles. The van der Waals surface area contributed by atoms with Crippen LogP contribution in [0.1, 0.15) is 73.6 Å². The summed E-state index contributed by atoms with van der Waals surface area (Å²) in [6.45, 7) is 10.9. The minimum Gasteiger partial charge on any atom is -0.348 e. The fourth-order valence-corrected chi connectivity index (χ4v) is 4.99. The lowest BCUT2D eigenvalue weighted by molar-refractivity contribution is -0.152. The Bertz CT molecular complexity index is 990. The maximum Gasteiger partial charge on any atom is 0.246 e. The molecule has 0 saturated carbocycles. The van der Waals surface area contributed by atoms with Gasteiger partial charge in [0, 0.05) is 18.4 Å². The van der Waals surface area contributed by atoms with Crippen LogP contribution in [-0.2, 0) is 24.2 Å². The van der Waals surface area contributed by atoms with Crippen LogP contribution in [0.4, 0.5) is 0 Å². The summed E-state index contributed by atoms with van der Waals surface area (Å²) in [5.41, 5.74) is 6.09. The smallest absolute Gasteiger partial charge is 0.246 e. The molecule has 0 aliphatic carbocycles. The molecular formula is C27H43N3O5S. The molecule has 0 radical (unpaired) electrons. The van der Waals surface area contributed by atoms with Gasteiger partial charge in [-0.3, -0.25) is 19.3 Å². The van der Waals surface area contributed by atoms with Crippen molar-refractivity contribution in [3.63, 3.8) is 0 Å². The van der Waals surface area contributed by atoms with Gasteiger partial charge in [-0.2, -0.15) is 0 Å². The Morgan fingerprint density at radius 2 is 1.61 bits per heavy atom. The monoisotopic (exact) mass is 521 g/mol. The van der Waals surface area contributed by atoms with Crippen LogP contribution in [0.25, 0.3) is 0 Å². The van der Waals surface area contributed by atoms with Crippen LogP contribution in [0, 0.1) is 11.8 Å². The first-order valence-electron chi connectivity index (χ1n) is 12.7. The average molecular weight is 522 g/mol. The van der Waals surface area contributed by atoms with Gasteiger partial charge in [-0.25, -0.2) is 8.42 Å². The fraction of sp³-hybridized carbons (Fsp3) is 0.593. The van der Waals surface area contributed by atoms with Gasteiger partial charge in [0.15, 0.2) is 9.84 Å². The summed E-state index contributed by atoms with van der Waals surface area (Å²) >= 11 is 0. The Kier molecular flexibility index (Phi) is 13.0. The molecular weight excluding hydrogens is 478 g/mol. The number of benzene rings is 1. The van der Waals surface area contributed by atoms with E-state index in [0.717, 1.165) is 23.1 Å². The molecule has 3 amide bonds. The Morgan fingerprint density at radius 3 is 2.11 bits per heavy atom. The summed E-state index contributed by atoms with van der Waals surface area (Å²) < 4.78 is 25.4. The second kappa shape index (κ2) is 14.9. The molecule has 0 heterocycles. The Hall–Kier alpha value is -2.52. The van der Waals surface area contributed by atoms with Crippen molar-refractivity contribution >= 4 is 27.6 Å². The van der Waals surface area contributed by atoms with Crippen LogP contribution in [-0.4, -0.2) is 49.2 Å². The maximum absolute atomic E-state index is 13.5. The predicted molar refractivity (Wildman–Crippen MR) is 142 cm³/mol. The second-order valence-electron chi connectivity index (χ2n) is 10.1. The van der Waals surface area contributed by atoms with E-state index in [9.17, 15) is 22.8 Å². The summed E-state index contributed by atoms with van der Waals surface area (Å²) in [6, 6.07) is 5.51. The van der Waals surface area contributed by atoms with Crippen LogP contribution < -0.4 is 11.1 Å². The molecule has 3 N–H and O–H groups in total. The van der Waals surface area contributed by atoms with Crippen molar-refractivity contribution in [3.8, 4) is 0 Å². The largest absolute Gasteiger partial charge is 0.348 e. The third kappa shape index (κ3) is 10.2. The van der Waals surface area contributed by atoms with E-state index in [1.54, 1.807) is 18.2 Å². The van der Waals surface area contributed by atoms with E-state index >= 15 is 0 Å². The minimum atomic E-state index is -3.69. The van der Waals surface area contributed by atoms with Crippen LogP contribution in [0.15, 0.2) is 46.7 Å². The number of rotatable bonds is 14. The number of nitrogens with one attached hydrogen (secondary N) is 1. The van der Waals surface area contributed by atoms with E-state index in [1.807, 2.05) is 34.6 Å². The number of nitrogens with zero attached hydrogens (tertiary/aromatic N) is 1. The van der Waals surface area contributed by atoms with Crippen molar-refractivity contribution in [1.82, 2.24) is 10.2 Å². The molecule has 0 aliphatic rings. The first kappa shape index (κ1) is 31.5. The molecule has 9 heteroatoms. The summed E-state index contributed by atoms with van der Waals surface area (Å²) in [4.78, 5) is 40.3. The number of imide groups is 1. The van der Waals surface area contributed by atoms with E-state index in [2.05, 4.69) is 5.32 Å². The highest BCUT2D eigenvalue weighted by molar-refractivity contribution is 7.94. The molecule has 36 heavy (non-hydrogen) atoms. The predicted octanol–water partition coefficient (Wildman–Crippen LogP) is 3.81. The number of hydrogen-bond acceptors (Lipinski definition) is 6. The van der Waals surface area contributed by atoms with Crippen LogP contribution in [0.5, 0.6) is 0 Å². The van der Waals surface area contributed by atoms with Crippen molar-refractivity contribution in [2.45, 2.75) is 96.7 Å². The summed E-state index contributed by atoms with van der Waals surface area (Å²) in [5.74, 6) is -1.48. The molecule has 3 atom stereocenters. The zero-order valence-corrected chi connectivity index (χ0v) is 23.3. The minimum absolute atomic E-state index is 0.0137. The van der Waals surface area contributed by atoms with Crippen LogP contribution in [0.2, 0.25) is 0 Å². The van der Waals surface area contributed by atoms with E-state index in [-0.39, 0.29) is 23.2 Å². The van der Waals surface area contributed by atoms with Crippen molar-refractivity contribution < 1.29 is 22.8 Å². The highest BCUT2D eigenvalue weighted by Gasteiger charge is 2.36. The number of nitrogens with two attached hydrogens (primary N) is 1. The highest BCUT2D eigenvalue weighted by Crippen LogP contribution is 2.18. The van der Waals surface area contributed by atoms with E-state index in [1.165, 1.54) is 25.1 Å². The normalized spacial score (nSPS) is 14.6. The standard InChI is InChI=1S/C27H43N3O5S/c1-7-8-12-22(15-16-36(34,35)23-13-10-9-11-14-23)29-26(32)25(18-20(4)5)30(21(6)31)27(33)24(28)17-19(2)3/h9-11,13-16,19-20,22,24-25H,7-8,12,17-18,28H2,1-6H3,(H,29,32)/b16-15+/t22-,24-,25-/m0/s1. The molecule has 0 unspecified atom stereocenters. The molecule has 0 spiro atoms. The molecule has 1 aromatic carbocycles. The summed E-state index contributed by atoms with van der Waals surface area (Å²) in [5, 5.41) is 3.98. The van der Waals surface area contributed by atoms with Gasteiger partial charge >= 0.3 is 0 Å². The first-order chi connectivity index (χ1) is 16.8. The lowest BCUT2D eigenvalue weighted by Crippen LogP contribution is -2.57. The van der Waals surface area contributed by atoms with Crippen molar-refractivity contribution in [3.05, 3.63) is 41.8 Å². The number of carbonyl (C=O) groups excluding carboxylic acids is 3. The van der Waals surface area contributed by atoms with Crippen LogP contribution >= 0.6 is 0 Å². The molecule has 0 aliphatic heterocycles. The molecule has 8 nitrogen and oxygen atoms in total. The zero-order valence-electron chi connectivity index (χ0n) is 22.4. The number of carbonyl (C=O) groups is 3. The molecule has 0 fully saturated rings. The van der Waals surface area contributed by atoms with Gasteiger partial charge in [-0.1, -0.05) is 71.7 Å². The molecule has 1 aromatic rings. The van der Waals surface area contributed by atoms with E-state index < -0.39 is 45.7 Å². The third-order valence-corrected chi connectivity index (χ3v) is 7.13.